The molecule has 0 aliphatic heterocycles. The zero-order valence-electron chi connectivity index (χ0n) is 8.64. The van der Waals surface area contributed by atoms with E-state index < -0.39 is 0 Å². The van der Waals surface area contributed by atoms with Crippen molar-refractivity contribution < 1.29 is 0 Å². The van der Waals surface area contributed by atoms with Crippen molar-refractivity contribution in [2.45, 2.75) is 13.5 Å². The van der Waals surface area contributed by atoms with Crippen LogP contribution < -0.4 is 5.73 Å². The fourth-order valence-corrected chi connectivity index (χ4v) is 1.45. The molecule has 0 spiro atoms. The molecular formula is C12H13N3. The quantitative estimate of drug-likeness (QED) is 0.806. The van der Waals surface area contributed by atoms with E-state index in [4.69, 9.17) is 5.73 Å². The maximum Gasteiger partial charge on any atom is 0.0894 e. The maximum absolute atomic E-state index is 5.56. The van der Waals surface area contributed by atoms with E-state index in [-0.39, 0.29) is 0 Å². The molecule has 0 bridgehead atoms. The molecule has 2 rings (SSSR count). The van der Waals surface area contributed by atoms with Crippen LogP contribution in [0, 0.1) is 0 Å². The second kappa shape index (κ2) is 4.19. The summed E-state index contributed by atoms with van der Waals surface area (Å²) in [4.78, 5) is 8.79. The predicted molar refractivity (Wildman–Crippen MR) is 62.1 cm³/mol. The number of nitrogens with two attached hydrogens (primary N) is 1. The second-order valence-corrected chi connectivity index (χ2v) is 3.32. The van der Waals surface area contributed by atoms with Gasteiger partial charge in [0.2, 0.25) is 0 Å². The highest BCUT2D eigenvalue weighted by Crippen LogP contribution is 2.12. The van der Waals surface area contributed by atoms with E-state index in [0.29, 0.717) is 6.54 Å². The van der Waals surface area contributed by atoms with Gasteiger partial charge in [-0.3, -0.25) is 4.98 Å². The van der Waals surface area contributed by atoms with Gasteiger partial charge in [-0.05, 0) is 30.7 Å². The molecule has 0 radical (unpaired) electrons. The van der Waals surface area contributed by atoms with Gasteiger partial charge >= 0.3 is 0 Å². The first-order valence-corrected chi connectivity index (χ1v) is 4.92. The smallest absolute Gasteiger partial charge is 0.0894 e. The second-order valence-electron chi connectivity index (χ2n) is 3.32. The third-order valence-electron chi connectivity index (χ3n) is 2.20. The van der Waals surface area contributed by atoms with Crippen LogP contribution in [-0.2, 0) is 6.54 Å². The molecular weight excluding hydrogens is 186 g/mol. The zero-order chi connectivity index (χ0) is 10.7. The lowest BCUT2D eigenvalue weighted by Crippen LogP contribution is -1.96. The van der Waals surface area contributed by atoms with Gasteiger partial charge in [0.25, 0.3) is 0 Å². The molecule has 0 fully saturated rings. The summed E-state index contributed by atoms with van der Waals surface area (Å²) in [6.45, 7) is 2.50. The van der Waals surface area contributed by atoms with Gasteiger partial charge in [0.1, 0.15) is 0 Å². The summed E-state index contributed by atoms with van der Waals surface area (Å²) in [6, 6.07) is 5.91. The Morgan fingerprint density at radius 3 is 2.93 bits per heavy atom. The molecule has 0 unspecified atom stereocenters. The van der Waals surface area contributed by atoms with Gasteiger partial charge in [-0.15, -0.1) is 0 Å². The third-order valence-corrected chi connectivity index (χ3v) is 2.20. The number of hydrogen-bond donors (Lipinski definition) is 1. The van der Waals surface area contributed by atoms with Gasteiger partial charge in [0.15, 0.2) is 0 Å². The van der Waals surface area contributed by atoms with E-state index in [0.717, 1.165) is 22.3 Å². The highest BCUT2D eigenvalue weighted by atomic mass is 14.8. The minimum Gasteiger partial charge on any atom is -0.326 e. The van der Waals surface area contributed by atoms with E-state index in [1.165, 1.54) is 0 Å². The summed E-state index contributed by atoms with van der Waals surface area (Å²) in [7, 11) is 0. The first-order valence-electron chi connectivity index (χ1n) is 4.92. The van der Waals surface area contributed by atoms with Crippen LogP contribution in [0.1, 0.15) is 18.2 Å². The van der Waals surface area contributed by atoms with Gasteiger partial charge in [0.05, 0.1) is 22.9 Å². The van der Waals surface area contributed by atoms with E-state index in [2.05, 4.69) is 9.97 Å². The molecule has 15 heavy (non-hydrogen) atoms. The lowest BCUT2D eigenvalue weighted by molar-refractivity contribution is 1.07. The van der Waals surface area contributed by atoms with Crippen LogP contribution in [0.2, 0.25) is 0 Å². The molecule has 1 heterocycles. The van der Waals surface area contributed by atoms with Crippen molar-refractivity contribution in [1.82, 2.24) is 9.97 Å². The van der Waals surface area contributed by atoms with Crippen molar-refractivity contribution in [1.29, 1.82) is 0 Å². The Bertz CT molecular complexity index is 503. The highest BCUT2D eigenvalue weighted by molar-refractivity contribution is 5.75. The number of aromatic nitrogens is 2. The standard InChI is InChI=1S/C12H13N3/c1-2-3-10-8-14-12-6-9(7-13)4-5-11(12)15-10/h2-6,8H,7,13H2,1H3/b3-2+. The molecule has 0 saturated carbocycles. The summed E-state index contributed by atoms with van der Waals surface area (Å²) in [5.41, 5.74) is 9.32. The number of nitrogens with zero attached hydrogens (tertiary/aromatic N) is 2. The number of rotatable bonds is 2. The van der Waals surface area contributed by atoms with Crippen molar-refractivity contribution in [3.05, 3.63) is 41.7 Å². The lowest BCUT2D eigenvalue weighted by atomic mass is 10.2. The largest absolute Gasteiger partial charge is 0.326 e. The van der Waals surface area contributed by atoms with Crippen molar-refractivity contribution in [2.24, 2.45) is 5.73 Å². The molecule has 0 atom stereocenters. The molecule has 3 heteroatoms. The van der Waals surface area contributed by atoms with Gasteiger partial charge in [-0.2, -0.15) is 0 Å². The molecule has 3 nitrogen and oxygen atoms in total. The van der Waals surface area contributed by atoms with Crippen LogP contribution in [0.15, 0.2) is 30.5 Å². The molecule has 2 aromatic rings. The van der Waals surface area contributed by atoms with Crippen molar-refractivity contribution in [2.75, 3.05) is 0 Å². The molecule has 76 valence electrons. The summed E-state index contributed by atoms with van der Waals surface area (Å²) < 4.78 is 0. The molecule has 0 amide bonds. The highest BCUT2D eigenvalue weighted by Gasteiger charge is 1.98. The number of allylic oxidation sites excluding steroid dienone is 1. The number of fused-ring (bicyclic) bond motifs is 1. The summed E-state index contributed by atoms with van der Waals surface area (Å²) in [6.07, 6.45) is 5.65. The van der Waals surface area contributed by atoms with Crippen molar-refractivity contribution in [3.8, 4) is 0 Å². The van der Waals surface area contributed by atoms with E-state index in [9.17, 15) is 0 Å². The molecule has 0 saturated heterocycles. The fourth-order valence-electron chi connectivity index (χ4n) is 1.45. The fraction of sp³-hybridized carbons (Fsp3) is 0.167. The number of benzene rings is 1. The monoisotopic (exact) mass is 199 g/mol. The lowest BCUT2D eigenvalue weighted by Gasteiger charge is -2.00. The minimum atomic E-state index is 0.536. The Balaban J connectivity index is 2.54. The van der Waals surface area contributed by atoms with Gasteiger partial charge in [-0.1, -0.05) is 12.1 Å². The molecule has 1 aromatic heterocycles. The van der Waals surface area contributed by atoms with Crippen LogP contribution in [-0.4, -0.2) is 9.97 Å². The summed E-state index contributed by atoms with van der Waals surface area (Å²) in [5, 5.41) is 0. The van der Waals surface area contributed by atoms with Crippen LogP contribution in [0.25, 0.3) is 17.1 Å². The molecule has 0 aliphatic carbocycles. The Kier molecular flexibility index (Phi) is 2.74. The molecule has 1 aromatic carbocycles. The van der Waals surface area contributed by atoms with Crippen molar-refractivity contribution >= 4 is 17.1 Å². The van der Waals surface area contributed by atoms with Crippen molar-refractivity contribution in [3.63, 3.8) is 0 Å². The first-order chi connectivity index (χ1) is 7.33. The summed E-state index contributed by atoms with van der Waals surface area (Å²) in [5.74, 6) is 0. The average Bonchev–Trinajstić information content (AvgIpc) is 2.29. The number of hydrogen-bond acceptors (Lipinski definition) is 3. The Morgan fingerprint density at radius 1 is 1.33 bits per heavy atom. The Morgan fingerprint density at radius 2 is 2.20 bits per heavy atom. The van der Waals surface area contributed by atoms with Gasteiger partial charge in [0, 0.05) is 6.54 Å². The first kappa shape index (κ1) is 9.80. The van der Waals surface area contributed by atoms with Crippen LogP contribution >= 0.6 is 0 Å². The topological polar surface area (TPSA) is 51.8 Å². The Hall–Kier alpha value is -1.74. The van der Waals surface area contributed by atoms with Gasteiger partial charge < -0.3 is 5.73 Å². The van der Waals surface area contributed by atoms with Crippen LogP contribution in [0.4, 0.5) is 0 Å². The molecule has 0 aliphatic rings. The van der Waals surface area contributed by atoms with E-state index in [1.54, 1.807) is 6.20 Å². The van der Waals surface area contributed by atoms with Gasteiger partial charge in [-0.25, -0.2) is 4.98 Å². The minimum absolute atomic E-state index is 0.536. The molecule has 2 N–H and O–H groups in total. The predicted octanol–water partition coefficient (Wildman–Crippen LogP) is 2.12. The van der Waals surface area contributed by atoms with Crippen LogP contribution in [0.3, 0.4) is 0 Å². The van der Waals surface area contributed by atoms with E-state index >= 15 is 0 Å². The Labute approximate surface area is 88.7 Å². The van der Waals surface area contributed by atoms with Crippen LogP contribution in [0.5, 0.6) is 0 Å². The van der Waals surface area contributed by atoms with E-state index in [1.807, 2.05) is 37.3 Å². The zero-order valence-corrected chi connectivity index (χ0v) is 8.64. The maximum atomic E-state index is 5.56. The SMILES string of the molecule is C/C=C/c1cnc2cc(CN)ccc2n1. The average molecular weight is 199 g/mol. The third kappa shape index (κ3) is 2.02. The normalized spacial score (nSPS) is 11.3. The summed E-state index contributed by atoms with van der Waals surface area (Å²) >= 11 is 0.